The highest BCUT2D eigenvalue weighted by Gasteiger charge is 2.55. The van der Waals surface area contributed by atoms with Gasteiger partial charge < -0.3 is 0 Å². The molecule has 80 valence electrons. The Labute approximate surface area is 96.3 Å². The van der Waals surface area contributed by atoms with E-state index >= 15 is 0 Å². The third-order valence-electron chi connectivity index (χ3n) is 5.00. The van der Waals surface area contributed by atoms with Crippen molar-refractivity contribution >= 4 is 15.9 Å². The summed E-state index contributed by atoms with van der Waals surface area (Å²) in [6, 6.07) is 0. The van der Waals surface area contributed by atoms with Gasteiger partial charge in [0.15, 0.2) is 0 Å². The zero-order chi connectivity index (χ0) is 10.5. The molecule has 0 aromatic heterocycles. The molecule has 3 rings (SSSR count). The molecule has 3 fully saturated rings. The van der Waals surface area contributed by atoms with Crippen molar-refractivity contribution in [2.24, 2.45) is 29.1 Å². The van der Waals surface area contributed by atoms with Gasteiger partial charge in [-0.1, -0.05) is 43.3 Å². The van der Waals surface area contributed by atoms with Crippen molar-refractivity contribution in [3.8, 4) is 0 Å². The molecular formula is C13H21Br. The smallest absolute Gasteiger partial charge is 0.0118 e. The minimum atomic E-state index is 0.629. The van der Waals surface area contributed by atoms with Crippen molar-refractivity contribution in [3.05, 3.63) is 11.1 Å². The molecule has 3 saturated carbocycles. The molecule has 0 N–H and O–H groups in total. The summed E-state index contributed by atoms with van der Waals surface area (Å²) in [5.74, 6) is 3.74. The standard InChI is InChI=1S/C13H21Br/c1-8(14)5-10-6-11-7-12(9(10)2)13(11,3)4/h9-12H,1,5-7H2,2-4H3/t9-,10+,11+,12+/m1/s1. The highest BCUT2D eigenvalue weighted by molar-refractivity contribution is 9.11. The van der Waals surface area contributed by atoms with Gasteiger partial charge in [0.05, 0.1) is 0 Å². The Balaban J connectivity index is 2.04. The lowest BCUT2D eigenvalue weighted by molar-refractivity contribution is -0.127. The van der Waals surface area contributed by atoms with Crippen LogP contribution in [0.25, 0.3) is 0 Å². The maximum Gasteiger partial charge on any atom is -0.0118 e. The lowest BCUT2D eigenvalue weighted by Crippen LogP contribution is -2.54. The van der Waals surface area contributed by atoms with Gasteiger partial charge in [-0.2, -0.15) is 0 Å². The third kappa shape index (κ3) is 1.48. The van der Waals surface area contributed by atoms with Crippen LogP contribution in [0.1, 0.15) is 40.0 Å². The average Bonchev–Trinajstić information content (AvgIpc) is 2.06. The van der Waals surface area contributed by atoms with Crippen LogP contribution in [0.5, 0.6) is 0 Å². The Kier molecular flexibility index (Phi) is 2.58. The minimum absolute atomic E-state index is 0.629. The summed E-state index contributed by atoms with van der Waals surface area (Å²) in [5, 5.41) is 0. The molecule has 0 radical (unpaired) electrons. The number of hydrogen-bond acceptors (Lipinski definition) is 0. The molecule has 3 aliphatic rings. The Hall–Kier alpha value is 0.220. The van der Waals surface area contributed by atoms with Crippen LogP contribution in [0.15, 0.2) is 11.1 Å². The summed E-state index contributed by atoms with van der Waals surface area (Å²) in [6.07, 6.45) is 4.10. The molecule has 3 aliphatic carbocycles. The maximum absolute atomic E-state index is 3.98. The van der Waals surface area contributed by atoms with E-state index in [0.29, 0.717) is 5.41 Å². The normalized spacial score (nSPS) is 44.3. The molecule has 4 atom stereocenters. The van der Waals surface area contributed by atoms with Gasteiger partial charge in [-0.15, -0.1) is 0 Å². The van der Waals surface area contributed by atoms with Crippen molar-refractivity contribution in [3.63, 3.8) is 0 Å². The summed E-state index contributed by atoms with van der Waals surface area (Å²) in [5.41, 5.74) is 0.629. The molecule has 0 spiro atoms. The minimum Gasteiger partial charge on any atom is -0.0889 e. The third-order valence-corrected chi connectivity index (χ3v) is 5.32. The first-order valence-electron chi connectivity index (χ1n) is 5.76. The Bertz CT molecular complexity index is 254. The average molecular weight is 257 g/mol. The molecule has 14 heavy (non-hydrogen) atoms. The fourth-order valence-electron chi connectivity index (χ4n) is 3.81. The van der Waals surface area contributed by atoms with Gasteiger partial charge >= 0.3 is 0 Å². The summed E-state index contributed by atoms with van der Waals surface area (Å²) in [6.45, 7) is 11.3. The number of hydrogen-bond donors (Lipinski definition) is 0. The predicted molar refractivity (Wildman–Crippen MR) is 65.3 cm³/mol. The Morgan fingerprint density at radius 2 is 2.07 bits per heavy atom. The predicted octanol–water partition coefficient (Wildman–Crippen LogP) is 4.60. The summed E-state index contributed by atoms with van der Waals surface area (Å²) >= 11 is 3.51. The highest BCUT2D eigenvalue weighted by Crippen LogP contribution is 2.63. The van der Waals surface area contributed by atoms with E-state index in [-0.39, 0.29) is 0 Å². The van der Waals surface area contributed by atoms with Crippen LogP contribution in [0.2, 0.25) is 0 Å². The first-order chi connectivity index (χ1) is 6.43. The van der Waals surface area contributed by atoms with E-state index in [1.54, 1.807) is 0 Å². The lowest BCUT2D eigenvalue weighted by atomic mass is 9.43. The van der Waals surface area contributed by atoms with Gasteiger partial charge in [-0.05, 0) is 52.8 Å². The van der Waals surface area contributed by atoms with Crippen molar-refractivity contribution in [1.82, 2.24) is 0 Å². The quantitative estimate of drug-likeness (QED) is 0.678. The van der Waals surface area contributed by atoms with Crippen LogP contribution < -0.4 is 0 Å². The number of rotatable bonds is 2. The van der Waals surface area contributed by atoms with E-state index in [2.05, 4.69) is 43.3 Å². The highest BCUT2D eigenvalue weighted by atomic mass is 79.9. The van der Waals surface area contributed by atoms with Gasteiger partial charge in [-0.3, -0.25) is 0 Å². The van der Waals surface area contributed by atoms with Crippen LogP contribution >= 0.6 is 15.9 Å². The fourth-order valence-corrected chi connectivity index (χ4v) is 4.23. The fraction of sp³-hybridized carbons (Fsp3) is 0.846. The largest absolute Gasteiger partial charge is 0.0889 e. The molecule has 1 heteroatoms. The summed E-state index contributed by atoms with van der Waals surface area (Å²) in [7, 11) is 0. The molecule has 0 heterocycles. The van der Waals surface area contributed by atoms with E-state index in [0.717, 1.165) is 23.7 Å². The number of fused-ring (bicyclic) bond motifs is 2. The van der Waals surface area contributed by atoms with Crippen LogP contribution in [-0.4, -0.2) is 0 Å². The summed E-state index contributed by atoms with van der Waals surface area (Å²) < 4.78 is 1.19. The van der Waals surface area contributed by atoms with Crippen molar-refractivity contribution in [1.29, 1.82) is 0 Å². The topological polar surface area (TPSA) is 0 Å². The van der Waals surface area contributed by atoms with Gasteiger partial charge in [-0.25, -0.2) is 0 Å². The first-order valence-corrected chi connectivity index (χ1v) is 6.55. The second kappa shape index (κ2) is 3.37. The molecule has 0 unspecified atom stereocenters. The second-order valence-electron chi connectivity index (χ2n) is 5.94. The second-order valence-corrected chi connectivity index (χ2v) is 7.06. The Morgan fingerprint density at radius 3 is 2.50 bits per heavy atom. The SMILES string of the molecule is C=C(Br)C[C@H]1C[C@H]2C[C@@H]([C@@H]1C)C2(C)C. The van der Waals surface area contributed by atoms with E-state index < -0.39 is 0 Å². The van der Waals surface area contributed by atoms with Gasteiger partial charge in [0.2, 0.25) is 0 Å². The van der Waals surface area contributed by atoms with Gasteiger partial charge in [0, 0.05) is 0 Å². The van der Waals surface area contributed by atoms with Crippen LogP contribution in [0.4, 0.5) is 0 Å². The van der Waals surface area contributed by atoms with Crippen molar-refractivity contribution in [2.75, 3.05) is 0 Å². The first kappa shape index (κ1) is 10.7. The van der Waals surface area contributed by atoms with Crippen molar-refractivity contribution in [2.45, 2.75) is 40.0 Å². The van der Waals surface area contributed by atoms with E-state index in [9.17, 15) is 0 Å². The molecule has 0 saturated heterocycles. The molecule has 0 aromatic carbocycles. The van der Waals surface area contributed by atoms with Crippen LogP contribution in [0, 0.1) is 29.1 Å². The molecule has 0 nitrogen and oxygen atoms in total. The molecular weight excluding hydrogens is 236 g/mol. The molecule has 2 bridgehead atoms. The van der Waals surface area contributed by atoms with E-state index in [1.807, 2.05) is 0 Å². The Morgan fingerprint density at radius 1 is 1.43 bits per heavy atom. The molecule has 0 aliphatic heterocycles. The zero-order valence-corrected chi connectivity index (χ0v) is 11.1. The lowest BCUT2D eigenvalue weighted by Gasteiger charge is -2.62. The van der Waals surface area contributed by atoms with Gasteiger partial charge in [0.1, 0.15) is 0 Å². The van der Waals surface area contributed by atoms with Crippen LogP contribution in [0.3, 0.4) is 0 Å². The van der Waals surface area contributed by atoms with Gasteiger partial charge in [0.25, 0.3) is 0 Å². The van der Waals surface area contributed by atoms with E-state index in [4.69, 9.17) is 0 Å². The van der Waals surface area contributed by atoms with Crippen LogP contribution in [-0.2, 0) is 0 Å². The zero-order valence-electron chi connectivity index (χ0n) is 9.52. The monoisotopic (exact) mass is 256 g/mol. The summed E-state index contributed by atoms with van der Waals surface area (Å²) in [4.78, 5) is 0. The van der Waals surface area contributed by atoms with Crippen molar-refractivity contribution < 1.29 is 0 Å². The maximum atomic E-state index is 3.98. The number of allylic oxidation sites excluding steroid dienone is 1. The molecule has 0 aromatic rings. The van der Waals surface area contributed by atoms with E-state index in [1.165, 1.54) is 23.7 Å². The number of halogens is 1. The molecule has 0 amide bonds.